The first-order chi connectivity index (χ1) is 6.29. The summed E-state index contributed by atoms with van der Waals surface area (Å²) in [5.74, 6) is 0. The Labute approximate surface area is 83.8 Å². The molecule has 0 radical (unpaired) electrons. The van der Waals surface area contributed by atoms with Crippen LogP contribution in [0.4, 0.5) is 0 Å². The van der Waals surface area contributed by atoms with Crippen molar-refractivity contribution in [2.24, 2.45) is 0 Å². The maximum Gasteiger partial charge on any atom is 0.0275 e. The van der Waals surface area contributed by atoms with Gasteiger partial charge in [0.15, 0.2) is 0 Å². The third-order valence-electron chi connectivity index (χ3n) is 2.66. The summed E-state index contributed by atoms with van der Waals surface area (Å²) < 4.78 is 0. The fraction of sp³-hybridized carbons (Fsp3) is 0.833. The van der Waals surface area contributed by atoms with Gasteiger partial charge in [-0.1, -0.05) is 46.1 Å². The molecule has 1 heteroatoms. The van der Waals surface area contributed by atoms with Crippen LogP contribution in [0, 0.1) is 0 Å². The molecule has 0 aliphatic heterocycles. The lowest BCUT2D eigenvalue weighted by Gasteiger charge is -2.26. The van der Waals surface area contributed by atoms with E-state index in [1.165, 1.54) is 25.7 Å². The Morgan fingerprint density at radius 2 is 1.77 bits per heavy atom. The van der Waals surface area contributed by atoms with Crippen molar-refractivity contribution in [3.63, 3.8) is 0 Å². The van der Waals surface area contributed by atoms with Gasteiger partial charge < -0.3 is 0 Å². The van der Waals surface area contributed by atoms with Gasteiger partial charge in [-0.3, -0.25) is 4.90 Å². The van der Waals surface area contributed by atoms with Crippen LogP contribution in [0.5, 0.6) is 0 Å². The first-order valence-electron chi connectivity index (χ1n) is 5.66. The number of unbranched alkanes of at least 4 members (excludes halogenated alkanes) is 2. The van der Waals surface area contributed by atoms with E-state index in [4.69, 9.17) is 0 Å². The molecule has 78 valence electrons. The van der Waals surface area contributed by atoms with Gasteiger partial charge in [-0.2, -0.15) is 0 Å². The van der Waals surface area contributed by atoms with E-state index in [0.717, 1.165) is 13.1 Å². The number of rotatable bonds is 8. The van der Waals surface area contributed by atoms with Gasteiger partial charge in [0, 0.05) is 6.04 Å². The molecule has 0 aromatic heterocycles. The summed E-state index contributed by atoms with van der Waals surface area (Å²) in [7, 11) is 0. The Bertz CT molecular complexity index is 116. The van der Waals surface area contributed by atoms with E-state index in [1.807, 2.05) is 0 Å². The SMILES string of the molecule is C=CC(CCCCC)N(CC)CC. The first kappa shape index (κ1) is 12.7. The average molecular weight is 183 g/mol. The van der Waals surface area contributed by atoms with Crippen molar-refractivity contribution >= 4 is 0 Å². The average Bonchev–Trinajstić information content (AvgIpc) is 2.17. The van der Waals surface area contributed by atoms with Crippen LogP contribution >= 0.6 is 0 Å². The molecule has 0 aliphatic rings. The molecule has 0 saturated carbocycles. The van der Waals surface area contributed by atoms with Gasteiger partial charge in [0.25, 0.3) is 0 Å². The van der Waals surface area contributed by atoms with Gasteiger partial charge in [0.1, 0.15) is 0 Å². The lowest BCUT2D eigenvalue weighted by molar-refractivity contribution is 0.240. The Morgan fingerprint density at radius 3 is 2.15 bits per heavy atom. The molecule has 0 saturated heterocycles. The normalized spacial score (nSPS) is 13.2. The van der Waals surface area contributed by atoms with Crippen LogP contribution in [0.2, 0.25) is 0 Å². The van der Waals surface area contributed by atoms with Crippen LogP contribution < -0.4 is 0 Å². The van der Waals surface area contributed by atoms with E-state index >= 15 is 0 Å². The largest absolute Gasteiger partial charge is 0.297 e. The number of likely N-dealkylation sites (N-methyl/N-ethyl adjacent to an activating group) is 1. The van der Waals surface area contributed by atoms with E-state index in [-0.39, 0.29) is 0 Å². The van der Waals surface area contributed by atoms with Gasteiger partial charge in [-0.05, 0) is 19.5 Å². The van der Waals surface area contributed by atoms with E-state index < -0.39 is 0 Å². The van der Waals surface area contributed by atoms with Gasteiger partial charge in [0.05, 0.1) is 0 Å². The Hall–Kier alpha value is -0.300. The monoisotopic (exact) mass is 183 g/mol. The molecule has 0 aliphatic carbocycles. The van der Waals surface area contributed by atoms with Crippen LogP contribution in [0.1, 0.15) is 46.5 Å². The number of nitrogens with zero attached hydrogens (tertiary/aromatic N) is 1. The van der Waals surface area contributed by atoms with Gasteiger partial charge in [-0.25, -0.2) is 0 Å². The summed E-state index contributed by atoms with van der Waals surface area (Å²) in [6.07, 6.45) is 7.37. The summed E-state index contributed by atoms with van der Waals surface area (Å²) >= 11 is 0. The molecule has 1 nitrogen and oxygen atoms in total. The number of hydrogen-bond acceptors (Lipinski definition) is 1. The fourth-order valence-electron chi connectivity index (χ4n) is 1.75. The van der Waals surface area contributed by atoms with E-state index in [9.17, 15) is 0 Å². The van der Waals surface area contributed by atoms with Crippen molar-refractivity contribution in [2.75, 3.05) is 13.1 Å². The van der Waals surface area contributed by atoms with Gasteiger partial charge in [-0.15, -0.1) is 6.58 Å². The lowest BCUT2D eigenvalue weighted by atomic mass is 10.1. The van der Waals surface area contributed by atoms with Crippen LogP contribution in [0.25, 0.3) is 0 Å². The van der Waals surface area contributed by atoms with Crippen molar-refractivity contribution in [3.8, 4) is 0 Å². The van der Waals surface area contributed by atoms with Crippen molar-refractivity contribution < 1.29 is 0 Å². The highest BCUT2D eigenvalue weighted by atomic mass is 15.1. The molecule has 0 aromatic rings. The fourth-order valence-corrected chi connectivity index (χ4v) is 1.75. The Balaban J connectivity index is 3.78. The van der Waals surface area contributed by atoms with Crippen molar-refractivity contribution in [2.45, 2.75) is 52.5 Å². The minimum atomic E-state index is 0.599. The second-order valence-electron chi connectivity index (χ2n) is 3.52. The maximum atomic E-state index is 3.91. The van der Waals surface area contributed by atoms with Crippen molar-refractivity contribution in [1.29, 1.82) is 0 Å². The highest BCUT2D eigenvalue weighted by Gasteiger charge is 2.10. The minimum absolute atomic E-state index is 0.599. The third-order valence-corrected chi connectivity index (χ3v) is 2.66. The molecule has 0 spiro atoms. The number of hydrogen-bond donors (Lipinski definition) is 0. The standard InChI is InChI=1S/C12H25N/c1-5-9-10-11-12(6-2)13(7-3)8-4/h6,12H,2,5,7-11H2,1,3-4H3. The molecule has 0 heterocycles. The second-order valence-corrected chi connectivity index (χ2v) is 3.52. The smallest absolute Gasteiger partial charge is 0.0275 e. The minimum Gasteiger partial charge on any atom is -0.297 e. The van der Waals surface area contributed by atoms with Crippen LogP contribution in [-0.4, -0.2) is 24.0 Å². The van der Waals surface area contributed by atoms with Crippen LogP contribution in [0.3, 0.4) is 0 Å². The molecule has 0 aromatic carbocycles. The molecular weight excluding hydrogens is 158 g/mol. The first-order valence-corrected chi connectivity index (χ1v) is 5.66. The highest BCUT2D eigenvalue weighted by molar-refractivity contribution is 4.86. The topological polar surface area (TPSA) is 3.24 Å². The molecule has 0 amide bonds. The van der Waals surface area contributed by atoms with Crippen LogP contribution in [0.15, 0.2) is 12.7 Å². The summed E-state index contributed by atoms with van der Waals surface area (Å²) in [6.45, 7) is 12.9. The van der Waals surface area contributed by atoms with Crippen molar-refractivity contribution in [1.82, 2.24) is 4.90 Å². The Kier molecular flexibility index (Phi) is 8.11. The third kappa shape index (κ3) is 5.09. The quantitative estimate of drug-likeness (QED) is 0.411. The van der Waals surface area contributed by atoms with Crippen molar-refractivity contribution in [3.05, 3.63) is 12.7 Å². The zero-order valence-electron chi connectivity index (χ0n) is 9.55. The molecule has 0 fully saturated rings. The van der Waals surface area contributed by atoms with Crippen LogP contribution in [-0.2, 0) is 0 Å². The molecule has 0 N–H and O–H groups in total. The lowest BCUT2D eigenvalue weighted by Crippen LogP contribution is -2.33. The Morgan fingerprint density at radius 1 is 1.15 bits per heavy atom. The molecule has 13 heavy (non-hydrogen) atoms. The molecule has 1 unspecified atom stereocenters. The predicted molar refractivity (Wildman–Crippen MR) is 61.0 cm³/mol. The molecule has 0 bridgehead atoms. The zero-order chi connectivity index (χ0) is 10.1. The van der Waals surface area contributed by atoms with Gasteiger partial charge in [0.2, 0.25) is 0 Å². The molecule has 1 atom stereocenters. The van der Waals surface area contributed by atoms with E-state index in [0.29, 0.717) is 6.04 Å². The predicted octanol–water partition coefficient (Wildman–Crippen LogP) is 3.46. The van der Waals surface area contributed by atoms with E-state index in [1.54, 1.807) is 0 Å². The maximum absolute atomic E-state index is 3.91. The second kappa shape index (κ2) is 8.31. The summed E-state index contributed by atoms with van der Waals surface area (Å²) in [6, 6.07) is 0.599. The summed E-state index contributed by atoms with van der Waals surface area (Å²) in [5.41, 5.74) is 0. The summed E-state index contributed by atoms with van der Waals surface area (Å²) in [4.78, 5) is 2.47. The molecule has 0 rings (SSSR count). The highest BCUT2D eigenvalue weighted by Crippen LogP contribution is 2.10. The zero-order valence-corrected chi connectivity index (χ0v) is 9.55. The van der Waals surface area contributed by atoms with E-state index in [2.05, 4.69) is 38.3 Å². The van der Waals surface area contributed by atoms with Gasteiger partial charge >= 0.3 is 0 Å². The summed E-state index contributed by atoms with van der Waals surface area (Å²) in [5, 5.41) is 0. The molecular formula is C12H25N.